The maximum Gasteiger partial charge on any atom is 0.673 e. The molecule has 0 rings (SSSR count). The Bertz CT molecular complexity index is 154. The molecule has 6 heteroatoms. The monoisotopic (exact) mass is 262 g/mol. The fraction of sp³-hybridized carbons (Fsp3) is 1.00. The molecule has 0 bridgehead atoms. The summed E-state index contributed by atoms with van der Waals surface area (Å²) in [4.78, 5) is 0. The summed E-state index contributed by atoms with van der Waals surface area (Å²) >= 11 is 0. The van der Waals surface area contributed by atoms with Crippen LogP contribution in [0.5, 0.6) is 0 Å². The Morgan fingerprint density at radius 2 is 1.12 bits per heavy atom. The fourth-order valence-corrected chi connectivity index (χ4v) is 5.98. The molecule has 0 saturated heterocycles. The van der Waals surface area contributed by atoms with Crippen molar-refractivity contribution in [1.82, 2.24) is 0 Å². The van der Waals surface area contributed by atoms with Gasteiger partial charge in [-0.25, -0.2) is 0 Å². The van der Waals surface area contributed by atoms with Crippen molar-refractivity contribution in [2.45, 2.75) is 46.7 Å². The SMILES string of the molecule is CCC(C)[P+](CC)(CC)CC.F[B-](F)(F)F. The third-order valence-electron chi connectivity index (χ3n) is 3.42. The van der Waals surface area contributed by atoms with E-state index in [0.29, 0.717) is 0 Å². The van der Waals surface area contributed by atoms with E-state index in [4.69, 9.17) is 0 Å². The lowest BCUT2D eigenvalue weighted by atomic mass is 10.3. The van der Waals surface area contributed by atoms with Crippen molar-refractivity contribution in [3.05, 3.63) is 0 Å². The van der Waals surface area contributed by atoms with E-state index >= 15 is 0 Å². The van der Waals surface area contributed by atoms with Crippen LogP contribution >= 0.6 is 7.26 Å². The molecule has 100 valence electrons. The van der Waals surface area contributed by atoms with Crippen molar-refractivity contribution in [2.75, 3.05) is 18.5 Å². The maximum absolute atomic E-state index is 9.75. The van der Waals surface area contributed by atoms with Gasteiger partial charge in [-0.05, 0) is 34.1 Å². The number of hydrogen-bond donors (Lipinski definition) is 0. The minimum absolute atomic E-state index is 0.530. The molecular weight excluding hydrogens is 238 g/mol. The summed E-state index contributed by atoms with van der Waals surface area (Å²) in [7, 11) is -6.53. The van der Waals surface area contributed by atoms with Gasteiger partial charge in [0.1, 0.15) is 0 Å². The van der Waals surface area contributed by atoms with Crippen LogP contribution in [0, 0.1) is 0 Å². The summed E-state index contributed by atoms with van der Waals surface area (Å²) in [6, 6.07) is 0. The molecule has 0 aliphatic rings. The number of hydrogen-bond acceptors (Lipinski definition) is 0. The zero-order valence-corrected chi connectivity index (χ0v) is 11.8. The molecule has 0 saturated carbocycles. The van der Waals surface area contributed by atoms with Gasteiger partial charge in [0, 0.05) is 7.26 Å². The molecule has 0 aromatic rings. The average molecular weight is 262 g/mol. The molecule has 16 heavy (non-hydrogen) atoms. The van der Waals surface area contributed by atoms with Gasteiger partial charge < -0.3 is 17.3 Å². The summed E-state index contributed by atoms with van der Waals surface area (Å²) in [5, 5.41) is 0. The van der Waals surface area contributed by atoms with Crippen LogP contribution in [0.3, 0.4) is 0 Å². The zero-order valence-electron chi connectivity index (χ0n) is 10.9. The molecule has 1 atom stereocenters. The first-order valence-corrected chi connectivity index (χ1v) is 8.31. The van der Waals surface area contributed by atoms with Gasteiger partial charge in [-0.15, -0.1) is 0 Å². The Morgan fingerprint density at radius 3 is 1.19 bits per heavy atom. The Balaban J connectivity index is 0. The second-order valence-corrected chi connectivity index (χ2v) is 9.14. The Kier molecular flexibility index (Phi) is 9.67. The van der Waals surface area contributed by atoms with E-state index in [0.717, 1.165) is 5.66 Å². The molecule has 0 fully saturated rings. The molecule has 0 nitrogen and oxygen atoms in total. The highest BCUT2D eigenvalue weighted by Crippen LogP contribution is 2.62. The molecule has 0 aliphatic carbocycles. The predicted octanol–water partition coefficient (Wildman–Crippen LogP) is 5.16. The van der Waals surface area contributed by atoms with Crippen LogP contribution < -0.4 is 0 Å². The lowest BCUT2D eigenvalue weighted by Crippen LogP contribution is -2.15. The highest BCUT2D eigenvalue weighted by atomic mass is 31.2. The van der Waals surface area contributed by atoms with E-state index in [2.05, 4.69) is 34.6 Å². The standard InChI is InChI=1S/C10H24P.BF4/c1-6-10(5)11(7-2,8-3)9-4;2-1(3,4)5/h10H,6-9H2,1-5H3;/q+1;-1. The molecule has 0 N–H and O–H groups in total. The lowest BCUT2D eigenvalue weighted by molar-refractivity contribution is 0.368. The highest BCUT2D eigenvalue weighted by molar-refractivity contribution is 7.76. The van der Waals surface area contributed by atoms with Gasteiger partial charge in [0.25, 0.3) is 0 Å². The fourth-order valence-electron chi connectivity index (χ4n) is 1.99. The van der Waals surface area contributed by atoms with Crippen molar-refractivity contribution in [3.8, 4) is 0 Å². The van der Waals surface area contributed by atoms with Crippen molar-refractivity contribution < 1.29 is 17.3 Å². The van der Waals surface area contributed by atoms with Crippen molar-refractivity contribution in [1.29, 1.82) is 0 Å². The largest absolute Gasteiger partial charge is 0.673 e. The van der Waals surface area contributed by atoms with Crippen LogP contribution in [-0.2, 0) is 0 Å². The van der Waals surface area contributed by atoms with Crippen LogP contribution in [0.2, 0.25) is 0 Å². The molecule has 0 amide bonds. The average Bonchev–Trinajstić information content (AvgIpc) is 2.18. The smallest absolute Gasteiger partial charge is 0.418 e. The summed E-state index contributed by atoms with van der Waals surface area (Å²) in [5.74, 6) is 0. The van der Waals surface area contributed by atoms with E-state index in [1.165, 1.54) is 24.9 Å². The topological polar surface area (TPSA) is 0 Å². The van der Waals surface area contributed by atoms with E-state index < -0.39 is 14.5 Å². The van der Waals surface area contributed by atoms with E-state index in [-0.39, 0.29) is 0 Å². The second kappa shape index (κ2) is 8.33. The van der Waals surface area contributed by atoms with Crippen LogP contribution in [0.1, 0.15) is 41.0 Å². The molecular formula is C10H24BF4P. The summed E-state index contributed by atoms with van der Waals surface area (Å²) in [6.45, 7) is 11.9. The maximum atomic E-state index is 9.75. The normalized spacial score (nSPS) is 14.1. The summed E-state index contributed by atoms with van der Waals surface area (Å²) in [6.07, 6.45) is 5.74. The van der Waals surface area contributed by atoms with Gasteiger partial charge in [-0.1, -0.05) is 6.92 Å². The Labute approximate surface area is 97.6 Å². The molecule has 0 spiro atoms. The second-order valence-electron chi connectivity index (χ2n) is 3.92. The summed E-state index contributed by atoms with van der Waals surface area (Å²) < 4.78 is 39.0. The van der Waals surface area contributed by atoms with E-state index in [1.54, 1.807) is 0 Å². The van der Waals surface area contributed by atoms with Gasteiger partial charge in [0.2, 0.25) is 0 Å². The van der Waals surface area contributed by atoms with Gasteiger partial charge in [0.15, 0.2) is 0 Å². The third-order valence-corrected chi connectivity index (χ3v) is 9.43. The minimum Gasteiger partial charge on any atom is -0.418 e. The zero-order chi connectivity index (χ0) is 13.4. The Hall–Kier alpha value is 0.215. The number of rotatable bonds is 5. The quantitative estimate of drug-likeness (QED) is 0.364. The first-order chi connectivity index (χ1) is 7.16. The first kappa shape index (κ1) is 18.6. The van der Waals surface area contributed by atoms with Gasteiger partial charge in [-0.2, -0.15) is 0 Å². The molecule has 0 aliphatic heterocycles. The molecule has 0 aromatic carbocycles. The third kappa shape index (κ3) is 8.38. The van der Waals surface area contributed by atoms with Crippen molar-refractivity contribution in [3.63, 3.8) is 0 Å². The van der Waals surface area contributed by atoms with Gasteiger partial charge in [-0.3, -0.25) is 0 Å². The van der Waals surface area contributed by atoms with E-state index in [1.807, 2.05) is 0 Å². The van der Waals surface area contributed by atoms with Crippen LogP contribution in [-0.4, -0.2) is 31.4 Å². The minimum atomic E-state index is -6.00. The van der Waals surface area contributed by atoms with Crippen LogP contribution in [0.4, 0.5) is 17.3 Å². The first-order valence-electron chi connectivity index (χ1n) is 5.89. The summed E-state index contributed by atoms with van der Waals surface area (Å²) in [5.41, 5.74) is 1.00. The molecule has 0 heterocycles. The number of halogens is 4. The van der Waals surface area contributed by atoms with E-state index in [9.17, 15) is 17.3 Å². The Morgan fingerprint density at radius 1 is 0.875 bits per heavy atom. The van der Waals surface area contributed by atoms with Crippen molar-refractivity contribution >= 4 is 14.5 Å². The van der Waals surface area contributed by atoms with Crippen LogP contribution in [0.15, 0.2) is 0 Å². The van der Waals surface area contributed by atoms with Gasteiger partial charge in [0.05, 0.1) is 24.1 Å². The molecule has 0 radical (unpaired) electrons. The van der Waals surface area contributed by atoms with Crippen LogP contribution in [0.25, 0.3) is 0 Å². The highest BCUT2D eigenvalue weighted by Gasteiger charge is 2.36. The lowest BCUT2D eigenvalue weighted by Gasteiger charge is -2.29. The van der Waals surface area contributed by atoms with Crippen molar-refractivity contribution in [2.24, 2.45) is 0 Å². The van der Waals surface area contributed by atoms with Gasteiger partial charge >= 0.3 is 7.25 Å². The predicted molar refractivity (Wildman–Crippen MR) is 68.5 cm³/mol. The molecule has 0 aromatic heterocycles. The molecule has 1 unspecified atom stereocenters.